The summed E-state index contributed by atoms with van der Waals surface area (Å²) in [6.07, 6.45) is 2.62. The van der Waals surface area contributed by atoms with E-state index in [-0.39, 0.29) is 17.7 Å². The van der Waals surface area contributed by atoms with Crippen molar-refractivity contribution in [2.75, 3.05) is 12.3 Å². The van der Waals surface area contributed by atoms with Gasteiger partial charge in [0.15, 0.2) is 9.84 Å². The molecule has 2 aromatic carbocycles. The number of carbonyl (C=O) groups is 1. The zero-order valence-corrected chi connectivity index (χ0v) is 22.3. The highest BCUT2D eigenvalue weighted by molar-refractivity contribution is 7.91. The van der Waals surface area contributed by atoms with Crippen molar-refractivity contribution >= 4 is 15.7 Å². The summed E-state index contributed by atoms with van der Waals surface area (Å²) in [6.45, 7) is 7.98. The summed E-state index contributed by atoms with van der Waals surface area (Å²) < 4.78 is 24.0. The third kappa shape index (κ3) is 6.07. The molecular weight excluding hydrogens is 484 g/mol. The molecule has 1 unspecified atom stereocenters. The Labute approximate surface area is 219 Å². The van der Waals surface area contributed by atoms with Crippen molar-refractivity contribution in [1.29, 1.82) is 5.26 Å². The van der Waals surface area contributed by atoms with Gasteiger partial charge in [-0.15, -0.1) is 0 Å². The van der Waals surface area contributed by atoms with Gasteiger partial charge in [0.25, 0.3) is 5.91 Å². The maximum atomic E-state index is 12.9. The minimum atomic E-state index is -3.24. The Hall–Kier alpha value is -3.54. The first kappa shape index (κ1) is 26.5. The van der Waals surface area contributed by atoms with E-state index < -0.39 is 9.84 Å². The second-order valence-electron chi connectivity index (χ2n) is 9.72. The zero-order valence-electron chi connectivity index (χ0n) is 21.4. The third-order valence-electron chi connectivity index (χ3n) is 6.86. The van der Waals surface area contributed by atoms with Crippen molar-refractivity contribution < 1.29 is 13.2 Å². The fourth-order valence-electron chi connectivity index (χ4n) is 4.89. The number of fused-ring (bicyclic) bond motifs is 1. The number of benzene rings is 2. The number of amides is 1. The molecule has 1 aromatic heterocycles. The average molecular weight is 517 g/mol. The smallest absolute Gasteiger partial charge is 0.251 e. The predicted molar refractivity (Wildman–Crippen MR) is 142 cm³/mol. The van der Waals surface area contributed by atoms with Crippen LogP contribution in [0.15, 0.2) is 65.7 Å². The summed E-state index contributed by atoms with van der Waals surface area (Å²) >= 11 is 0. The van der Waals surface area contributed by atoms with Crippen molar-refractivity contribution in [3.8, 4) is 6.07 Å². The molecule has 7 nitrogen and oxygen atoms in total. The third-order valence-corrected chi connectivity index (χ3v) is 8.61. The summed E-state index contributed by atoms with van der Waals surface area (Å²) in [5.74, 6) is 0.286. The van der Waals surface area contributed by atoms with Gasteiger partial charge in [0, 0.05) is 37.4 Å². The molecule has 0 spiro atoms. The number of pyridine rings is 1. The van der Waals surface area contributed by atoms with Crippen LogP contribution >= 0.6 is 0 Å². The van der Waals surface area contributed by atoms with Crippen LogP contribution in [-0.4, -0.2) is 36.5 Å². The van der Waals surface area contributed by atoms with E-state index in [4.69, 9.17) is 5.26 Å². The van der Waals surface area contributed by atoms with Gasteiger partial charge in [-0.3, -0.25) is 9.69 Å². The highest BCUT2D eigenvalue weighted by Gasteiger charge is 2.30. The van der Waals surface area contributed by atoms with Gasteiger partial charge in [-0.2, -0.15) is 5.26 Å². The molecule has 1 aliphatic rings. The van der Waals surface area contributed by atoms with Crippen LogP contribution in [0.4, 0.5) is 0 Å². The molecule has 1 N–H and O–H groups in total. The fraction of sp³-hybridized carbons (Fsp3) is 0.345. The van der Waals surface area contributed by atoms with Gasteiger partial charge >= 0.3 is 0 Å². The second-order valence-corrected chi connectivity index (χ2v) is 12.0. The molecule has 0 saturated carbocycles. The minimum absolute atomic E-state index is 0.0590. The molecule has 1 amide bonds. The predicted octanol–water partition coefficient (Wildman–Crippen LogP) is 4.43. The zero-order chi connectivity index (χ0) is 26.6. The first-order valence-electron chi connectivity index (χ1n) is 12.5. The normalized spacial score (nSPS) is 15.7. The summed E-state index contributed by atoms with van der Waals surface area (Å²) in [6, 6.07) is 18.6. The highest BCUT2D eigenvalue weighted by Crippen LogP contribution is 2.36. The van der Waals surface area contributed by atoms with Crippen molar-refractivity contribution in [3.05, 3.63) is 94.3 Å². The van der Waals surface area contributed by atoms with Crippen LogP contribution in [0.25, 0.3) is 0 Å². The molecule has 37 heavy (non-hydrogen) atoms. The van der Waals surface area contributed by atoms with Crippen LogP contribution < -0.4 is 5.32 Å². The van der Waals surface area contributed by atoms with Gasteiger partial charge in [0.05, 0.1) is 10.6 Å². The maximum absolute atomic E-state index is 12.9. The van der Waals surface area contributed by atoms with Crippen LogP contribution in [0.1, 0.15) is 65.1 Å². The lowest BCUT2D eigenvalue weighted by Crippen LogP contribution is -2.38. The Balaban J connectivity index is 1.45. The SMILES string of the molecule is CCS(=O)(=O)c1ccc(CNC(=O)c2ccc3c(c2)CCN(Cc2ccc(C#N)nc2)C3C(C)C)cc1. The Morgan fingerprint density at radius 2 is 1.86 bits per heavy atom. The molecule has 0 bridgehead atoms. The lowest BCUT2D eigenvalue weighted by atomic mass is 9.85. The quantitative estimate of drug-likeness (QED) is 0.475. The van der Waals surface area contributed by atoms with E-state index in [9.17, 15) is 13.2 Å². The topological polar surface area (TPSA) is 103 Å². The molecule has 8 heteroatoms. The highest BCUT2D eigenvalue weighted by atomic mass is 32.2. The van der Waals surface area contributed by atoms with Crippen LogP contribution in [-0.2, 0) is 29.3 Å². The minimum Gasteiger partial charge on any atom is -0.348 e. The van der Waals surface area contributed by atoms with Crippen LogP contribution in [0, 0.1) is 17.2 Å². The summed E-state index contributed by atoms with van der Waals surface area (Å²) in [7, 11) is -3.24. The number of hydrogen-bond donors (Lipinski definition) is 1. The first-order valence-corrected chi connectivity index (χ1v) is 14.2. The number of rotatable bonds is 8. The van der Waals surface area contributed by atoms with Crippen molar-refractivity contribution in [2.24, 2.45) is 5.92 Å². The van der Waals surface area contributed by atoms with E-state index in [1.54, 1.807) is 43.5 Å². The second kappa shape index (κ2) is 11.2. The van der Waals surface area contributed by atoms with Gasteiger partial charge < -0.3 is 5.32 Å². The van der Waals surface area contributed by atoms with E-state index in [2.05, 4.69) is 41.2 Å². The lowest BCUT2D eigenvalue weighted by molar-refractivity contribution is 0.0950. The number of aromatic nitrogens is 1. The molecule has 0 fully saturated rings. The first-order chi connectivity index (χ1) is 17.7. The Kier molecular flexibility index (Phi) is 8.06. The molecule has 1 aliphatic heterocycles. The molecule has 1 atom stereocenters. The Morgan fingerprint density at radius 3 is 2.49 bits per heavy atom. The fourth-order valence-corrected chi connectivity index (χ4v) is 5.78. The lowest BCUT2D eigenvalue weighted by Gasteiger charge is -2.40. The Morgan fingerprint density at radius 1 is 1.14 bits per heavy atom. The summed E-state index contributed by atoms with van der Waals surface area (Å²) in [4.78, 5) is 19.8. The van der Waals surface area contributed by atoms with E-state index in [0.717, 1.165) is 30.6 Å². The maximum Gasteiger partial charge on any atom is 0.251 e. The van der Waals surface area contributed by atoms with E-state index in [0.29, 0.717) is 28.6 Å². The van der Waals surface area contributed by atoms with Crippen LogP contribution in [0.2, 0.25) is 0 Å². The number of nitrogens with one attached hydrogen (secondary N) is 1. The standard InChI is InChI=1S/C29H32N4O3S/c1-4-37(35,36)26-10-6-21(7-11-26)17-32-29(34)24-8-12-27-23(15-24)13-14-33(28(27)20(2)3)19-22-5-9-25(16-30)31-18-22/h5-12,15,18,20,28H,4,13-14,17,19H2,1-3H3,(H,32,34). The molecule has 4 rings (SSSR count). The molecule has 0 radical (unpaired) electrons. The van der Waals surface area contributed by atoms with Crippen LogP contribution in [0.5, 0.6) is 0 Å². The summed E-state index contributed by atoms with van der Waals surface area (Å²) in [5.41, 5.74) is 5.39. The van der Waals surface area contributed by atoms with Gasteiger partial charge in [0.2, 0.25) is 0 Å². The number of carbonyl (C=O) groups excluding carboxylic acids is 1. The summed E-state index contributed by atoms with van der Waals surface area (Å²) in [5, 5.41) is 12.0. The average Bonchev–Trinajstić information content (AvgIpc) is 2.91. The molecular formula is C29H32N4O3S. The number of nitrogens with zero attached hydrogens (tertiary/aromatic N) is 3. The van der Waals surface area contributed by atoms with Gasteiger partial charge in [-0.05, 0) is 64.9 Å². The van der Waals surface area contributed by atoms with E-state index in [1.165, 1.54) is 11.1 Å². The number of nitriles is 1. The van der Waals surface area contributed by atoms with E-state index in [1.807, 2.05) is 18.2 Å². The molecule has 192 valence electrons. The molecule has 3 aromatic rings. The van der Waals surface area contributed by atoms with Crippen molar-refractivity contribution in [3.63, 3.8) is 0 Å². The van der Waals surface area contributed by atoms with Crippen LogP contribution in [0.3, 0.4) is 0 Å². The number of hydrogen-bond acceptors (Lipinski definition) is 6. The molecule has 2 heterocycles. The number of sulfone groups is 1. The van der Waals surface area contributed by atoms with Crippen molar-refractivity contribution in [2.45, 2.75) is 51.2 Å². The Bertz CT molecular complexity index is 1410. The monoisotopic (exact) mass is 516 g/mol. The van der Waals surface area contributed by atoms with E-state index >= 15 is 0 Å². The van der Waals surface area contributed by atoms with Gasteiger partial charge in [-0.25, -0.2) is 13.4 Å². The van der Waals surface area contributed by atoms with Gasteiger partial charge in [-0.1, -0.05) is 45.0 Å². The molecule has 0 saturated heterocycles. The molecule has 0 aliphatic carbocycles. The van der Waals surface area contributed by atoms with Crippen molar-refractivity contribution in [1.82, 2.24) is 15.2 Å². The largest absolute Gasteiger partial charge is 0.348 e. The van der Waals surface area contributed by atoms with Gasteiger partial charge in [0.1, 0.15) is 11.8 Å².